The fourth-order valence-electron chi connectivity index (χ4n) is 1.97. The van der Waals surface area contributed by atoms with E-state index < -0.39 is 22.4 Å². The van der Waals surface area contributed by atoms with E-state index in [0.29, 0.717) is 0 Å². The van der Waals surface area contributed by atoms with Gasteiger partial charge >= 0.3 is 6.18 Å². The van der Waals surface area contributed by atoms with E-state index in [1.807, 2.05) is 0 Å². The average Bonchev–Trinajstić information content (AvgIpc) is 2.69. The monoisotopic (exact) mass is 299 g/mol. The quantitative estimate of drug-likeness (QED) is 0.690. The molecule has 112 valence electrons. The molecule has 0 saturated carbocycles. The Kier molecular flexibility index (Phi) is 3.63. The van der Waals surface area contributed by atoms with Gasteiger partial charge < -0.3 is 0 Å². The first kappa shape index (κ1) is 14.9. The third kappa shape index (κ3) is 2.99. The topological polar surface area (TPSA) is 60.1 Å². The second kappa shape index (κ2) is 5.12. The number of benzene rings is 1. The number of hydrogen-bond acceptors (Lipinski definition) is 3. The highest BCUT2D eigenvalue weighted by Gasteiger charge is 2.38. The van der Waals surface area contributed by atoms with E-state index in [1.54, 1.807) is 30.7 Å². The molecule has 2 aromatic rings. The summed E-state index contributed by atoms with van der Waals surface area (Å²) in [7, 11) is 0. The van der Waals surface area contributed by atoms with Crippen molar-refractivity contribution < 1.29 is 18.1 Å². The van der Waals surface area contributed by atoms with Gasteiger partial charge in [0.1, 0.15) is 5.56 Å². The number of hydrogen-bond donors (Lipinski definition) is 1. The predicted octanol–water partition coefficient (Wildman–Crippen LogP) is 3.91. The van der Waals surface area contributed by atoms with Gasteiger partial charge in [0.05, 0.1) is 10.6 Å². The summed E-state index contributed by atoms with van der Waals surface area (Å²) in [6.45, 7) is 3.58. The van der Waals surface area contributed by atoms with Crippen molar-refractivity contribution >= 4 is 11.4 Å². The van der Waals surface area contributed by atoms with E-state index in [2.05, 4.69) is 5.43 Å². The lowest BCUT2D eigenvalue weighted by Crippen LogP contribution is -2.14. The van der Waals surface area contributed by atoms with Crippen molar-refractivity contribution in [3.63, 3.8) is 0 Å². The van der Waals surface area contributed by atoms with Crippen molar-refractivity contribution in [3.8, 4) is 0 Å². The molecule has 0 bridgehead atoms. The molecule has 0 unspecified atom stereocenters. The van der Waals surface area contributed by atoms with Crippen LogP contribution in [0.4, 0.5) is 24.5 Å². The number of alkyl halides is 3. The van der Waals surface area contributed by atoms with Crippen LogP contribution in [-0.4, -0.2) is 9.60 Å². The van der Waals surface area contributed by atoms with Gasteiger partial charge in [0.15, 0.2) is 0 Å². The molecule has 1 N–H and O–H groups in total. The molecule has 0 spiro atoms. The van der Waals surface area contributed by atoms with Crippen molar-refractivity contribution in [3.05, 3.63) is 57.4 Å². The smallest absolute Gasteiger partial charge is 0.294 e. The fourth-order valence-corrected chi connectivity index (χ4v) is 1.97. The van der Waals surface area contributed by atoms with Gasteiger partial charge in [-0.1, -0.05) is 0 Å². The third-order valence-electron chi connectivity index (χ3n) is 3.01. The van der Waals surface area contributed by atoms with E-state index in [1.165, 1.54) is 6.07 Å². The Morgan fingerprint density at radius 3 is 2.19 bits per heavy atom. The first-order valence-corrected chi connectivity index (χ1v) is 5.98. The molecular formula is C13H12F3N3O2. The number of halogens is 3. The minimum Gasteiger partial charge on any atom is -0.294 e. The van der Waals surface area contributed by atoms with E-state index in [0.717, 1.165) is 23.5 Å². The van der Waals surface area contributed by atoms with E-state index in [-0.39, 0.29) is 5.69 Å². The van der Waals surface area contributed by atoms with Gasteiger partial charge in [-0.2, -0.15) is 13.2 Å². The molecule has 0 aliphatic rings. The largest absolute Gasteiger partial charge is 0.423 e. The molecule has 8 heteroatoms. The number of aryl methyl sites for hydroxylation is 2. The minimum atomic E-state index is -4.79. The van der Waals surface area contributed by atoms with Crippen molar-refractivity contribution in [1.82, 2.24) is 4.68 Å². The summed E-state index contributed by atoms with van der Waals surface area (Å²) < 4.78 is 40.3. The Balaban J connectivity index is 2.46. The first-order valence-electron chi connectivity index (χ1n) is 5.98. The first-order chi connectivity index (χ1) is 9.70. The molecule has 1 aromatic carbocycles. The van der Waals surface area contributed by atoms with Crippen LogP contribution in [0.25, 0.3) is 0 Å². The fraction of sp³-hybridized carbons (Fsp3) is 0.231. The highest BCUT2D eigenvalue weighted by Crippen LogP contribution is 2.37. The van der Waals surface area contributed by atoms with Crippen molar-refractivity contribution in [2.45, 2.75) is 20.0 Å². The van der Waals surface area contributed by atoms with Crippen LogP contribution in [0.15, 0.2) is 30.3 Å². The molecule has 0 fully saturated rings. The van der Waals surface area contributed by atoms with Crippen LogP contribution in [-0.2, 0) is 6.18 Å². The number of rotatable bonds is 3. The molecule has 0 radical (unpaired) electrons. The maximum absolute atomic E-state index is 12.9. The van der Waals surface area contributed by atoms with Crippen LogP contribution in [0.3, 0.4) is 0 Å². The van der Waals surface area contributed by atoms with Crippen molar-refractivity contribution in [2.24, 2.45) is 0 Å². The zero-order valence-corrected chi connectivity index (χ0v) is 11.2. The molecular weight excluding hydrogens is 287 g/mol. The van der Waals surface area contributed by atoms with E-state index >= 15 is 0 Å². The second-order valence-electron chi connectivity index (χ2n) is 4.55. The summed E-state index contributed by atoms with van der Waals surface area (Å²) >= 11 is 0. The van der Waals surface area contributed by atoms with Crippen molar-refractivity contribution in [1.29, 1.82) is 0 Å². The van der Waals surface area contributed by atoms with Crippen LogP contribution in [0.5, 0.6) is 0 Å². The molecule has 0 aliphatic heterocycles. The summed E-state index contributed by atoms with van der Waals surface area (Å²) in [5.74, 6) is 0. The molecule has 1 aromatic heterocycles. The maximum atomic E-state index is 12.9. The Bertz CT molecular complexity index is 673. The SMILES string of the molecule is Cc1ccc(C)n1Nc1ccc([N+](=O)[O-])c(C(F)(F)F)c1. The summed E-state index contributed by atoms with van der Waals surface area (Å²) in [5, 5.41) is 10.7. The van der Waals surface area contributed by atoms with Crippen LogP contribution in [0.2, 0.25) is 0 Å². The van der Waals surface area contributed by atoms with Gasteiger partial charge in [0.2, 0.25) is 0 Å². The number of anilines is 1. The standard InChI is InChI=1S/C13H12F3N3O2/c1-8-3-4-9(2)18(8)17-10-5-6-12(19(20)21)11(7-10)13(14,15)16/h3-7,17H,1-2H3. The summed E-state index contributed by atoms with van der Waals surface area (Å²) in [4.78, 5) is 9.64. The second-order valence-corrected chi connectivity index (χ2v) is 4.55. The Morgan fingerprint density at radius 2 is 1.71 bits per heavy atom. The van der Waals surface area contributed by atoms with Crippen LogP contribution < -0.4 is 5.43 Å². The third-order valence-corrected chi connectivity index (χ3v) is 3.01. The summed E-state index contributed by atoms with van der Waals surface area (Å²) in [5.41, 5.74) is 2.28. The van der Waals surface area contributed by atoms with Crippen LogP contribution >= 0.6 is 0 Å². The lowest BCUT2D eigenvalue weighted by Gasteiger charge is -2.14. The molecule has 0 amide bonds. The maximum Gasteiger partial charge on any atom is 0.423 e. The Labute approximate surface area is 118 Å². The van der Waals surface area contributed by atoms with E-state index in [4.69, 9.17) is 0 Å². The summed E-state index contributed by atoms with van der Waals surface area (Å²) in [6, 6.07) is 6.43. The zero-order chi connectivity index (χ0) is 15.8. The van der Waals surface area contributed by atoms with Crippen LogP contribution in [0, 0.1) is 24.0 Å². The Hall–Kier alpha value is -2.51. The van der Waals surface area contributed by atoms with Gasteiger partial charge in [-0.25, -0.2) is 0 Å². The molecule has 0 aliphatic carbocycles. The van der Waals surface area contributed by atoms with Gasteiger partial charge in [-0.05, 0) is 38.1 Å². The zero-order valence-electron chi connectivity index (χ0n) is 11.2. The Morgan fingerprint density at radius 1 is 1.14 bits per heavy atom. The average molecular weight is 299 g/mol. The molecule has 5 nitrogen and oxygen atoms in total. The van der Waals surface area contributed by atoms with E-state index in [9.17, 15) is 23.3 Å². The lowest BCUT2D eigenvalue weighted by atomic mass is 10.1. The van der Waals surface area contributed by atoms with Gasteiger partial charge in [0, 0.05) is 17.5 Å². The molecule has 2 rings (SSSR count). The minimum absolute atomic E-state index is 0.121. The van der Waals surface area contributed by atoms with Crippen molar-refractivity contribution in [2.75, 3.05) is 5.43 Å². The predicted molar refractivity (Wildman–Crippen MR) is 71.0 cm³/mol. The van der Waals surface area contributed by atoms with Gasteiger partial charge in [-0.3, -0.25) is 20.2 Å². The molecule has 0 saturated heterocycles. The summed E-state index contributed by atoms with van der Waals surface area (Å²) in [6.07, 6.45) is -4.79. The highest BCUT2D eigenvalue weighted by molar-refractivity contribution is 5.55. The number of nitrogens with zero attached hydrogens (tertiary/aromatic N) is 2. The molecule has 1 heterocycles. The number of nitrogens with one attached hydrogen (secondary N) is 1. The van der Waals surface area contributed by atoms with Crippen LogP contribution in [0.1, 0.15) is 17.0 Å². The number of aromatic nitrogens is 1. The molecule has 21 heavy (non-hydrogen) atoms. The lowest BCUT2D eigenvalue weighted by molar-refractivity contribution is -0.388. The molecule has 0 atom stereocenters. The number of nitro benzene ring substituents is 1. The number of nitro groups is 1. The van der Waals surface area contributed by atoms with Gasteiger partial charge in [0.25, 0.3) is 5.69 Å². The normalized spacial score (nSPS) is 11.5. The van der Waals surface area contributed by atoms with Gasteiger partial charge in [-0.15, -0.1) is 0 Å². The highest BCUT2D eigenvalue weighted by atomic mass is 19.4.